The predicted octanol–water partition coefficient (Wildman–Crippen LogP) is 3.02. The van der Waals surface area contributed by atoms with Gasteiger partial charge >= 0.3 is 0 Å². The monoisotopic (exact) mass is 364 g/mol. The zero-order valence-corrected chi connectivity index (χ0v) is 16.7. The van der Waals surface area contributed by atoms with Gasteiger partial charge in [0.15, 0.2) is 5.96 Å². The molecule has 5 nitrogen and oxygen atoms in total. The van der Waals surface area contributed by atoms with Crippen molar-refractivity contribution in [2.45, 2.75) is 45.8 Å². The first kappa shape index (κ1) is 20.5. The van der Waals surface area contributed by atoms with Crippen LogP contribution < -0.4 is 15.5 Å². The maximum atomic E-state index is 13.4. The van der Waals surface area contributed by atoms with Crippen molar-refractivity contribution in [2.24, 2.45) is 10.4 Å². The van der Waals surface area contributed by atoms with Crippen LogP contribution in [0, 0.1) is 11.2 Å². The highest BCUT2D eigenvalue weighted by molar-refractivity contribution is 5.80. The summed E-state index contributed by atoms with van der Waals surface area (Å²) < 4.78 is 19.0. The van der Waals surface area contributed by atoms with Gasteiger partial charge in [-0.1, -0.05) is 26.8 Å². The number of piperidine rings is 1. The highest BCUT2D eigenvalue weighted by Crippen LogP contribution is 2.22. The van der Waals surface area contributed by atoms with Crippen molar-refractivity contribution in [2.75, 3.05) is 38.7 Å². The van der Waals surface area contributed by atoms with Gasteiger partial charge in [-0.2, -0.15) is 0 Å². The Labute approximate surface area is 157 Å². The molecule has 1 heterocycles. The van der Waals surface area contributed by atoms with Crippen molar-refractivity contribution in [3.8, 4) is 0 Å². The van der Waals surface area contributed by atoms with Crippen LogP contribution in [0.1, 0.15) is 33.6 Å². The lowest BCUT2D eigenvalue weighted by molar-refractivity contribution is 0.0205. The number of methoxy groups -OCH3 is 1. The summed E-state index contributed by atoms with van der Waals surface area (Å²) in [7, 11) is 3.53. The number of rotatable bonds is 5. The van der Waals surface area contributed by atoms with Crippen molar-refractivity contribution in [1.29, 1.82) is 0 Å². The molecule has 26 heavy (non-hydrogen) atoms. The van der Waals surface area contributed by atoms with E-state index in [-0.39, 0.29) is 17.3 Å². The summed E-state index contributed by atoms with van der Waals surface area (Å²) in [5, 5.41) is 6.88. The Bertz CT molecular complexity index is 592. The minimum absolute atomic E-state index is 0.0664. The van der Waals surface area contributed by atoms with Crippen LogP contribution in [0.5, 0.6) is 0 Å². The van der Waals surface area contributed by atoms with Gasteiger partial charge in [0, 0.05) is 45.5 Å². The number of anilines is 1. The fraction of sp³-hybridized carbons (Fsp3) is 0.650. The van der Waals surface area contributed by atoms with E-state index < -0.39 is 0 Å². The standard InChI is InChI=1S/C20H33FN4O/c1-20(2,3)18(26-5)14-23-19(22-4)24-16-9-11-25(12-10-16)17-8-6-7-15(21)13-17/h6-8,13,16,18H,9-12,14H2,1-5H3,(H2,22,23,24). The normalized spacial score (nSPS) is 17.9. The summed E-state index contributed by atoms with van der Waals surface area (Å²) in [5.74, 6) is 0.624. The van der Waals surface area contributed by atoms with E-state index in [0.717, 1.165) is 37.6 Å². The van der Waals surface area contributed by atoms with Crippen molar-refractivity contribution in [1.82, 2.24) is 10.6 Å². The molecule has 0 aromatic heterocycles. The van der Waals surface area contributed by atoms with Gasteiger partial charge in [0.05, 0.1) is 6.10 Å². The summed E-state index contributed by atoms with van der Waals surface area (Å²) in [4.78, 5) is 6.57. The molecule has 146 valence electrons. The minimum Gasteiger partial charge on any atom is -0.379 e. The summed E-state index contributed by atoms with van der Waals surface area (Å²) >= 11 is 0. The number of benzene rings is 1. The molecule has 1 aromatic rings. The molecule has 1 aliphatic rings. The van der Waals surface area contributed by atoms with E-state index in [4.69, 9.17) is 4.74 Å². The average molecular weight is 365 g/mol. The molecule has 6 heteroatoms. The lowest BCUT2D eigenvalue weighted by Gasteiger charge is -2.35. The molecule has 1 unspecified atom stereocenters. The highest BCUT2D eigenvalue weighted by Gasteiger charge is 2.25. The largest absolute Gasteiger partial charge is 0.379 e. The maximum Gasteiger partial charge on any atom is 0.191 e. The van der Waals surface area contributed by atoms with Crippen LogP contribution in [0.3, 0.4) is 0 Å². The van der Waals surface area contributed by atoms with Crippen LogP contribution >= 0.6 is 0 Å². The van der Waals surface area contributed by atoms with Gasteiger partial charge in [-0.25, -0.2) is 4.39 Å². The van der Waals surface area contributed by atoms with Crippen LogP contribution in [0.2, 0.25) is 0 Å². The Morgan fingerprint density at radius 2 is 2.04 bits per heavy atom. The zero-order valence-electron chi connectivity index (χ0n) is 16.7. The molecular formula is C20H33FN4O. The quantitative estimate of drug-likeness (QED) is 0.623. The molecule has 1 atom stereocenters. The second-order valence-electron chi connectivity index (χ2n) is 7.93. The molecule has 1 aliphatic heterocycles. The SMILES string of the molecule is CN=C(NCC(OC)C(C)(C)C)NC1CCN(c2cccc(F)c2)CC1. The van der Waals surface area contributed by atoms with Gasteiger partial charge < -0.3 is 20.3 Å². The Kier molecular flexibility index (Phi) is 7.26. The first-order valence-electron chi connectivity index (χ1n) is 9.34. The van der Waals surface area contributed by atoms with Crippen LogP contribution in [0.25, 0.3) is 0 Å². The molecular weight excluding hydrogens is 331 g/mol. The van der Waals surface area contributed by atoms with E-state index in [1.807, 2.05) is 6.07 Å². The topological polar surface area (TPSA) is 48.9 Å². The Balaban J connectivity index is 1.81. The third-order valence-electron chi connectivity index (χ3n) is 4.94. The Morgan fingerprint density at radius 3 is 2.58 bits per heavy atom. The lowest BCUT2D eigenvalue weighted by atomic mass is 9.89. The summed E-state index contributed by atoms with van der Waals surface area (Å²) in [6.07, 6.45) is 2.09. The number of hydrogen-bond donors (Lipinski definition) is 2. The smallest absolute Gasteiger partial charge is 0.191 e. The number of hydrogen-bond acceptors (Lipinski definition) is 3. The van der Waals surface area contributed by atoms with Gasteiger partial charge in [-0.3, -0.25) is 4.99 Å². The predicted molar refractivity (Wildman–Crippen MR) is 106 cm³/mol. The lowest BCUT2D eigenvalue weighted by Crippen LogP contribution is -2.51. The number of halogens is 1. The summed E-state index contributed by atoms with van der Waals surface area (Å²) in [6.45, 7) is 9.02. The van der Waals surface area contributed by atoms with E-state index in [1.54, 1.807) is 26.3 Å². The van der Waals surface area contributed by atoms with Crippen molar-refractivity contribution in [3.05, 3.63) is 30.1 Å². The molecule has 0 saturated carbocycles. The molecule has 0 spiro atoms. The van der Waals surface area contributed by atoms with Crippen molar-refractivity contribution < 1.29 is 9.13 Å². The van der Waals surface area contributed by atoms with Gasteiger partial charge in [0.2, 0.25) is 0 Å². The fourth-order valence-corrected chi connectivity index (χ4v) is 3.28. The van der Waals surface area contributed by atoms with Crippen LogP contribution in [-0.2, 0) is 4.74 Å². The molecule has 1 saturated heterocycles. The van der Waals surface area contributed by atoms with E-state index in [0.29, 0.717) is 12.6 Å². The number of guanidine groups is 1. The fourth-order valence-electron chi connectivity index (χ4n) is 3.28. The molecule has 1 aromatic carbocycles. The third kappa shape index (κ3) is 5.87. The highest BCUT2D eigenvalue weighted by atomic mass is 19.1. The first-order valence-corrected chi connectivity index (χ1v) is 9.34. The van der Waals surface area contributed by atoms with Crippen molar-refractivity contribution in [3.63, 3.8) is 0 Å². The van der Waals surface area contributed by atoms with Gasteiger partial charge in [-0.05, 0) is 36.5 Å². The number of aliphatic imine (C=N–C) groups is 1. The molecule has 0 aliphatic carbocycles. The van der Waals surface area contributed by atoms with E-state index in [9.17, 15) is 4.39 Å². The summed E-state index contributed by atoms with van der Waals surface area (Å²) in [5.41, 5.74) is 1.02. The van der Waals surface area contributed by atoms with Crippen LogP contribution in [0.15, 0.2) is 29.3 Å². The molecule has 2 N–H and O–H groups in total. The van der Waals surface area contributed by atoms with Gasteiger partial charge in [0.25, 0.3) is 0 Å². The Hall–Kier alpha value is -1.82. The average Bonchev–Trinajstić information content (AvgIpc) is 2.60. The van der Waals surface area contributed by atoms with Crippen molar-refractivity contribution >= 4 is 11.6 Å². The zero-order chi connectivity index (χ0) is 19.2. The summed E-state index contributed by atoms with van der Waals surface area (Å²) in [6, 6.07) is 7.18. The van der Waals surface area contributed by atoms with Gasteiger partial charge in [0.1, 0.15) is 5.82 Å². The molecule has 2 rings (SSSR count). The van der Waals surface area contributed by atoms with E-state index >= 15 is 0 Å². The molecule has 1 fully saturated rings. The first-order chi connectivity index (χ1) is 12.3. The molecule has 0 bridgehead atoms. The minimum atomic E-state index is -0.182. The second-order valence-corrected chi connectivity index (χ2v) is 7.93. The second kappa shape index (κ2) is 9.21. The number of nitrogens with zero attached hydrogens (tertiary/aromatic N) is 2. The van der Waals surface area contributed by atoms with Crippen LogP contribution in [-0.4, -0.2) is 51.9 Å². The third-order valence-corrected chi connectivity index (χ3v) is 4.94. The van der Waals surface area contributed by atoms with E-state index in [2.05, 4.69) is 41.3 Å². The number of ether oxygens (including phenoxy) is 1. The van der Waals surface area contributed by atoms with E-state index in [1.165, 1.54) is 6.07 Å². The Morgan fingerprint density at radius 1 is 1.35 bits per heavy atom. The number of nitrogens with one attached hydrogen (secondary N) is 2. The molecule has 0 radical (unpaired) electrons. The molecule has 0 amide bonds. The maximum absolute atomic E-state index is 13.4. The van der Waals surface area contributed by atoms with Crippen LogP contribution in [0.4, 0.5) is 10.1 Å². The van der Waals surface area contributed by atoms with Gasteiger partial charge in [-0.15, -0.1) is 0 Å².